The van der Waals surface area contributed by atoms with Gasteiger partial charge in [-0.1, -0.05) is 30.8 Å². The van der Waals surface area contributed by atoms with Crippen molar-refractivity contribution in [2.75, 3.05) is 0 Å². The fraction of sp³-hybridized carbons (Fsp3) is 0.786. The van der Waals surface area contributed by atoms with E-state index in [1.807, 2.05) is 0 Å². The van der Waals surface area contributed by atoms with E-state index in [1.54, 1.807) is 0 Å². The van der Waals surface area contributed by atoms with Gasteiger partial charge in [-0.2, -0.15) is 4.98 Å². The number of carbonyl (C=O) groups excluding carboxylic acids is 1. The predicted octanol–water partition coefficient (Wildman–Crippen LogP) is 3.03. The summed E-state index contributed by atoms with van der Waals surface area (Å²) in [6, 6.07) is 0. The van der Waals surface area contributed by atoms with Crippen LogP contribution in [0, 0.1) is 5.92 Å². The van der Waals surface area contributed by atoms with E-state index in [0.29, 0.717) is 18.2 Å². The van der Waals surface area contributed by atoms with Gasteiger partial charge in [0.15, 0.2) is 5.82 Å². The number of carbonyl (C=O) groups is 1. The molecule has 0 aromatic carbocycles. The average molecular weight is 248 g/mol. The first-order valence-electron chi connectivity index (χ1n) is 7.18. The number of Topliss-reactive ketones (excluding diaryl/α,β-unsaturated/α-hetero) is 1. The Morgan fingerprint density at radius 1 is 1.11 bits per heavy atom. The van der Waals surface area contributed by atoms with E-state index in [2.05, 4.69) is 10.1 Å². The van der Waals surface area contributed by atoms with Crippen LogP contribution < -0.4 is 0 Å². The van der Waals surface area contributed by atoms with Crippen LogP contribution >= 0.6 is 0 Å². The molecule has 2 aliphatic carbocycles. The van der Waals surface area contributed by atoms with Crippen LogP contribution in [0.3, 0.4) is 0 Å². The van der Waals surface area contributed by atoms with Crippen molar-refractivity contribution in [3.8, 4) is 0 Å². The van der Waals surface area contributed by atoms with E-state index in [9.17, 15) is 4.79 Å². The quantitative estimate of drug-likeness (QED) is 0.768. The Labute approximate surface area is 107 Å². The minimum Gasteiger partial charge on any atom is -0.339 e. The lowest BCUT2D eigenvalue weighted by Crippen LogP contribution is -2.05. The molecule has 0 saturated heterocycles. The molecule has 0 radical (unpaired) electrons. The Morgan fingerprint density at radius 2 is 1.83 bits per heavy atom. The summed E-state index contributed by atoms with van der Waals surface area (Å²) in [6.07, 6.45) is 9.91. The van der Waals surface area contributed by atoms with Gasteiger partial charge < -0.3 is 4.52 Å². The van der Waals surface area contributed by atoms with Gasteiger partial charge in [0.1, 0.15) is 5.78 Å². The van der Waals surface area contributed by atoms with Gasteiger partial charge in [-0.05, 0) is 25.7 Å². The van der Waals surface area contributed by atoms with Gasteiger partial charge in [-0.3, -0.25) is 4.79 Å². The summed E-state index contributed by atoms with van der Waals surface area (Å²) < 4.78 is 5.23. The van der Waals surface area contributed by atoms with E-state index >= 15 is 0 Å². The fourth-order valence-electron chi connectivity index (χ4n) is 2.74. The van der Waals surface area contributed by atoms with Gasteiger partial charge in [-0.25, -0.2) is 0 Å². The van der Waals surface area contributed by atoms with Gasteiger partial charge >= 0.3 is 0 Å². The van der Waals surface area contributed by atoms with Crippen molar-refractivity contribution in [3.05, 3.63) is 11.7 Å². The van der Waals surface area contributed by atoms with Gasteiger partial charge in [0.25, 0.3) is 0 Å². The Hall–Kier alpha value is -1.19. The first kappa shape index (κ1) is 11.9. The Balaban J connectivity index is 1.62. The standard InChI is InChI=1S/C14H20N2O2/c17-12(10-7-8-10)9-13-15-14(16-18-13)11-5-3-1-2-4-6-11/h10-11H,1-9H2. The van der Waals surface area contributed by atoms with Gasteiger partial charge in [0.05, 0.1) is 6.42 Å². The fourth-order valence-corrected chi connectivity index (χ4v) is 2.74. The van der Waals surface area contributed by atoms with Gasteiger partial charge in [0.2, 0.25) is 5.89 Å². The van der Waals surface area contributed by atoms with Gasteiger partial charge in [0, 0.05) is 11.8 Å². The summed E-state index contributed by atoms with van der Waals surface area (Å²) in [7, 11) is 0. The maximum Gasteiger partial charge on any atom is 0.234 e. The highest BCUT2D eigenvalue weighted by Gasteiger charge is 2.31. The van der Waals surface area contributed by atoms with Crippen LogP contribution in [0.1, 0.15) is 69.0 Å². The SMILES string of the molecule is O=C(Cc1nc(C2CCCCCC2)no1)C1CC1. The molecule has 1 aromatic rings. The first-order chi connectivity index (χ1) is 8.83. The molecule has 0 spiro atoms. The van der Waals surface area contributed by atoms with Crippen molar-refractivity contribution in [1.29, 1.82) is 0 Å². The lowest BCUT2D eigenvalue weighted by molar-refractivity contribution is -0.119. The average Bonchev–Trinajstić information content (AvgIpc) is 3.16. The molecule has 2 fully saturated rings. The number of ketones is 1. The van der Waals surface area contributed by atoms with E-state index < -0.39 is 0 Å². The van der Waals surface area contributed by atoms with E-state index in [4.69, 9.17) is 4.52 Å². The van der Waals surface area contributed by atoms with Crippen molar-refractivity contribution >= 4 is 5.78 Å². The zero-order chi connectivity index (χ0) is 12.4. The normalized spacial score (nSPS) is 21.8. The van der Waals surface area contributed by atoms with Crippen molar-refractivity contribution in [1.82, 2.24) is 10.1 Å². The second-order valence-corrected chi connectivity index (χ2v) is 5.65. The Bertz CT molecular complexity index is 415. The van der Waals surface area contributed by atoms with Crippen LogP contribution in [-0.2, 0) is 11.2 Å². The summed E-state index contributed by atoms with van der Waals surface area (Å²) in [5.74, 6) is 2.34. The summed E-state index contributed by atoms with van der Waals surface area (Å²) in [5.41, 5.74) is 0. The van der Waals surface area contributed by atoms with E-state index in [1.165, 1.54) is 25.7 Å². The van der Waals surface area contributed by atoms with Crippen LogP contribution in [0.5, 0.6) is 0 Å². The van der Waals surface area contributed by atoms with Crippen LogP contribution in [0.2, 0.25) is 0 Å². The number of nitrogens with zero attached hydrogens (tertiary/aromatic N) is 2. The zero-order valence-electron chi connectivity index (χ0n) is 10.7. The molecule has 4 heteroatoms. The molecule has 0 amide bonds. The molecule has 3 rings (SSSR count). The third-order valence-corrected chi connectivity index (χ3v) is 4.06. The van der Waals surface area contributed by atoms with E-state index in [0.717, 1.165) is 31.5 Å². The Kier molecular flexibility index (Phi) is 3.43. The van der Waals surface area contributed by atoms with Crippen molar-refractivity contribution in [2.45, 2.75) is 63.7 Å². The predicted molar refractivity (Wildman–Crippen MR) is 66.2 cm³/mol. The second kappa shape index (κ2) is 5.21. The molecule has 0 bridgehead atoms. The van der Waals surface area contributed by atoms with E-state index in [-0.39, 0.29) is 11.7 Å². The molecule has 18 heavy (non-hydrogen) atoms. The highest BCUT2D eigenvalue weighted by molar-refractivity contribution is 5.84. The molecule has 0 atom stereocenters. The molecule has 98 valence electrons. The van der Waals surface area contributed by atoms with Crippen molar-refractivity contribution in [3.63, 3.8) is 0 Å². The number of hydrogen-bond acceptors (Lipinski definition) is 4. The summed E-state index contributed by atoms with van der Waals surface area (Å²) in [5, 5.41) is 4.08. The second-order valence-electron chi connectivity index (χ2n) is 5.65. The maximum atomic E-state index is 11.7. The molecule has 0 aliphatic heterocycles. The van der Waals surface area contributed by atoms with Gasteiger partial charge in [-0.15, -0.1) is 0 Å². The molecule has 2 aliphatic rings. The highest BCUT2D eigenvalue weighted by atomic mass is 16.5. The third-order valence-electron chi connectivity index (χ3n) is 4.06. The minimum absolute atomic E-state index is 0.270. The summed E-state index contributed by atoms with van der Waals surface area (Å²) in [6.45, 7) is 0. The topological polar surface area (TPSA) is 56.0 Å². The van der Waals surface area contributed by atoms with Crippen LogP contribution in [0.15, 0.2) is 4.52 Å². The Morgan fingerprint density at radius 3 is 2.50 bits per heavy atom. The molecule has 2 saturated carbocycles. The smallest absolute Gasteiger partial charge is 0.234 e. The number of rotatable bonds is 4. The monoisotopic (exact) mass is 248 g/mol. The third kappa shape index (κ3) is 2.79. The lowest BCUT2D eigenvalue weighted by Gasteiger charge is -2.07. The summed E-state index contributed by atoms with van der Waals surface area (Å²) >= 11 is 0. The molecule has 0 unspecified atom stereocenters. The molecular weight excluding hydrogens is 228 g/mol. The van der Waals surface area contributed by atoms with Crippen molar-refractivity contribution in [2.24, 2.45) is 5.92 Å². The zero-order valence-corrected chi connectivity index (χ0v) is 10.7. The number of aromatic nitrogens is 2. The number of hydrogen-bond donors (Lipinski definition) is 0. The molecular formula is C14H20N2O2. The highest BCUT2D eigenvalue weighted by Crippen LogP contribution is 2.32. The van der Waals surface area contributed by atoms with Crippen molar-refractivity contribution < 1.29 is 9.32 Å². The lowest BCUT2D eigenvalue weighted by atomic mass is 10.00. The first-order valence-corrected chi connectivity index (χ1v) is 7.18. The molecule has 0 N–H and O–H groups in total. The minimum atomic E-state index is 0.270. The van der Waals surface area contributed by atoms with Crippen LogP contribution in [-0.4, -0.2) is 15.9 Å². The maximum absolute atomic E-state index is 11.7. The molecule has 1 heterocycles. The van der Waals surface area contributed by atoms with Crippen LogP contribution in [0.25, 0.3) is 0 Å². The largest absolute Gasteiger partial charge is 0.339 e. The molecule has 1 aromatic heterocycles. The molecule has 4 nitrogen and oxygen atoms in total. The van der Waals surface area contributed by atoms with Crippen LogP contribution in [0.4, 0.5) is 0 Å². The summed E-state index contributed by atoms with van der Waals surface area (Å²) in [4.78, 5) is 16.1.